The maximum Gasteiger partial charge on any atom is -0.00548 e. The second kappa shape index (κ2) is 11.4. The molecule has 6 aromatic carbocycles. The Bertz CT molecular complexity index is 1930. The average molecular weight is 567 g/mol. The smallest absolute Gasteiger partial charge is 0.00548 e. The fourth-order valence-electron chi connectivity index (χ4n) is 8.08. The van der Waals surface area contributed by atoms with Gasteiger partial charge in [-0.05, 0) is 110 Å². The van der Waals surface area contributed by atoms with Gasteiger partial charge in [0, 0.05) is 0 Å². The molecule has 2 aliphatic carbocycles. The highest BCUT2D eigenvalue weighted by Crippen LogP contribution is 2.49. The number of hydrogen-bond acceptors (Lipinski definition) is 0. The molecule has 3 atom stereocenters. The average Bonchev–Trinajstić information content (AvgIpc) is 3.21. The maximum absolute atomic E-state index is 2.53. The molecule has 0 N–H and O–H groups in total. The Morgan fingerprint density at radius 1 is 0.523 bits per heavy atom. The fraction of sp³-hybridized carbons (Fsp3) is 0.182. The molecule has 0 aromatic heterocycles. The third kappa shape index (κ3) is 4.80. The third-order valence-corrected chi connectivity index (χ3v) is 10.3. The third-order valence-electron chi connectivity index (χ3n) is 10.3. The van der Waals surface area contributed by atoms with Gasteiger partial charge in [0.2, 0.25) is 0 Å². The minimum Gasteiger partial charge on any atom is -0.0622 e. The van der Waals surface area contributed by atoms with Crippen LogP contribution >= 0.6 is 0 Å². The van der Waals surface area contributed by atoms with E-state index in [-0.39, 0.29) is 0 Å². The quantitative estimate of drug-likeness (QED) is 0.195. The summed E-state index contributed by atoms with van der Waals surface area (Å²) in [6.45, 7) is 2.44. The first kappa shape index (κ1) is 26.9. The molecule has 0 radical (unpaired) electrons. The van der Waals surface area contributed by atoms with Crippen LogP contribution in [0.4, 0.5) is 0 Å². The molecule has 0 saturated carbocycles. The fourth-order valence-corrected chi connectivity index (χ4v) is 8.08. The lowest BCUT2D eigenvalue weighted by Crippen LogP contribution is -2.13. The summed E-state index contributed by atoms with van der Waals surface area (Å²) in [6, 6.07) is 54.7. The topological polar surface area (TPSA) is 0 Å². The van der Waals surface area contributed by atoms with Crippen molar-refractivity contribution in [1.29, 1.82) is 0 Å². The molecule has 6 aromatic rings. The van der Waals surface area contributed by atoms with Crippen LogP contribution in [-0.2, 0) is 19.3 Å². The highest BCUT2D eigenvalue weighted by molar-refractivity contribution is 5.90. The zero-order valence-electron chi connectivity index (χ0n) is 25.4. The molecule has 0 amide bonds. The molecular formula is C44H38. The number of fused-ring (bicyclic) bond motifs is 6. The minimum absolute atomic E-state index is 0.397. The van der Waals surface area contributed by atoms with Crippen molar-refractivity contribution >= 4 is 0 Å². The second-order valence-corrected chi connectivity index (χ2v) is 12.8. The molecule has 0 aliphatic heterocycles. The van der Waals surface area contributed by atoms with Gasteiger partial charge in [-0.1, -0.05) is 153 Å². The molecular weight excluding hydrogens is 528 g/mol. The Balaban J connectivity index is 1.22. The predicted octanol–water partition coefficient (Wildman–Crippen LogP) is 11.4. The van der Waals surface area contributed by atoms with E-state index >= 15 is 0 Å². The Labute approximate surface area is 262 Å². The van der Waals surface area contributed by atoms with E-state index in [2.05, 4.69) is 153 Å². The lowest BCUT2D eigenvalue weighted by molar-refractivity contribution is 0.579. The van der Waals surface area contributed by atoms with E-state index in [1.165, 1.54) is 73.2 Å². The zero-order chi connectivity index (χ0) is 29.5. The Kier molecular flexibility index (Phi) is 6.99. The summed E-state index contributed by atoms with van der Waals surface area (Å²) in [7, 11) is 0. The van der Waals surface area contributed by atoms with E-state index in [1.807, 2.05) is 0 Å². The van der Waals surface area contributed by atoms with Gasteiger partial charge in [-0.2, -0.15) is 0 Å². The van der Waals surface area contributed by atoms with Gasteiger partial charge in [-0.15, -0.1) is 0 Å². The van der Waals surface area contributed by atoms with Crippen molar-refractivity contribution < 1.29 is 0 Å². The molecule has 0 fully saturated rings. The maximum atomic E-state index is 2.53. The van der Waals surface area contributed by atoms with Gasteiger partial charge in [0.1, 0.15) is 0 Å². The summed E-state index contributed by atoms with van der Waals surface area (Å²) in [5.41, 5.74) is 17.1. The van der Waals surface area contributed by atoms with Gasteiger partial charge in [0.25, 0.3) is 0 Å². The van der Waals surface area contributed by atoms with Crippen molar-refractivity contribution in [2.24, 2.45) is 0 Å². The summed E-state index contributed by atoms with van der Waals surface area (Å²) in [6.07, 6.45) is 4.44. The van der Waals surface area contributed by atoms with Crippen LogP contribution in [0, 0.1) is 0 Å². The highest BCUT2D eigenvalue weighted by atomic mass is 14.3. The molecule has 0 heteroatoms. The Morgan fingerprint density at radius 3 is 2.05 bits per heavy atom. The van der Waals surface area contributed by atoms with Crippen LogP contribution in [0.5, 0.6) is 0 Å². The molecule has 0 spiro atoms. The van der Waals surface area contributed by atoms with Crippen LogP contribution in [0.25, 0.3) is 33.4 Å². The van der Waals surface area contributed by atoms with Crippen LogP contribution in [0.2, 0.25) is 0 Å². The van der Waals surface area contributed by atoms with Gasteiger partial charge in [-0.3, -0.25) is 0 Å². The first-order chi connectivity index (χ1) is 21.7. The van der Waals surface area contributed by atoms with E-state index in [1.54, 1.807) is 0 Å². The van der Waals surface area contributed by atoms with Crippen LogP contribution in [0.3, 0.4) is 0 Å². The number of rotatable bonds is 5. The van der Waals surface area contributed by atoms with Gasteiger partial charge in [0.15, 0.2) is 0 Å². The molecule has 0 heterocycles. The summed E-state index contributed by atoms with van der Waals surface area (Å²) >= 11 is 0. The Hall–Kier alpha value is -4.68. The van der Waals surface area contributed by atoms with Crippen LogP contribution in [0.1, 0.15) is 64.5 Å². The van der Waals surface area contributed by atoms with E-state index in [0.29, 0.717) is 17.8 Å². The van der Waals surface area contributed by atoms with Crippen molar-refractivity contribution in [2.75, 3.05) is 0 Å². The first-order valence-electron chi connectivity index (χ1n) is 16.3. The van der Waals surface area contributed by atoms with Crippen molar-refractivity contribution in [2.45, 2.75) is 50.4 Å². The predicted molar refractivity (Wildman–Crippen MR) is 185 cm³/mol. The number of hydrogen-bond donors (Lipinski definition) is 0. The number of benzene rings is 6. The second-order valence-electron chi connectivity index (χ2n) is 12.8. The number of aryl methyl sites for hydroxylation is 1. The molecule has 0 bridgehead atoms. The minimum atomic E-state index is 0.397. The van der Waals surface area contributed by atoms with E-state index < -0.39 is 0 Å². The van der Waals surface area contributed by atoms with Crippen molar-refractivity contribution in [3.63, 3.8) is 0 Å². The SMILES string of the molecule is CC1c2cc(-c3cccc4c3-c3ccccc3C(CCc3ccccc3)C4)ccc2-c2ccccc2CC1c1ccccc1. The summed E-state index contributed by atoms with van der Waals surface area (Å²) in [5, 5.41) is 0. The normalized spacial score (nSPS) is 18.3. The van der Waals surface area contributed by atoms with Gasteiger partial charge in [-0.25, -0.2) is 0 Å². The van der Waals surface area contributed by atoms with Gasteiger partial charge in [0.05, 0.1) is 0 Å². The molecule has 0 saturated heterocycles. The lowest BCUT2D eigenvalue weighted by Gasteiger charge is -2.30. The van der Waals surface area contributed by atoms with Crippen molar-refractivity contribution in [3.8, 4) is 33.4 Å². The van der Waals surface area contributed by atoms with E-state index in [0.717, 1.165) is 19.3 Å². The molecule has 3 unspecified atom stereocenters. The lowest BCUT2D eigenvalue weighted by atomic mass is 9.74. The molecule has 214 valence electrons. The molecule has 0 nitrogen and oxygen atoms in total. The van der Waals surface area contributed by atoms with Gasteiger partial charge < -0.3 is 0 Å². The largest absolute Gasteiger partial charge is 0.0622 e. The van der Waals surface area contributed by atoms with Crippen LogP contribution in [0.15, 0.2) is 146 Å². The monoisotopic (exact) mass is 566 g/mol. The van der Waals surface area contributed by atoms with Crippen LogP contribution in [-0.4, -0.2) is 0 Å². The van der Waals surface area contributed by atoms with E-state index in [9.17, 15) is 0 Å². The molecule has 2 aliphatic rings. The van der Waals surface area contributed by atoms with E-state index in [4.69, 9.17) is 0 Å². The standard InChI is InChI=1S/C44H38/c1-30-42(32-15-6-3-7-16-32)28-33-17-8-9-19-37(33)40-26-25-35(29-43(30)40)39-22-12-18-36-27-34(24-23-31-13-4-2-5-14-31)38-20-10-11-21-41(38)44(36)39/h2-22,25-26,29-30,34,42H,23-24,27-28H2,1H3. The van der Waals surface area contributed by atoms with Crippen molar-refractivity contribution in [1.82, 2.24) is 0 Å². The zero-order valence-corrected chi connectivity index (χ0v) is 25.4. The van der Waals surface area contributed by atoms with Crippen molar-refractivity contribution in [3.05, 3.63) is 179 Å². The summed E-state index contributed by atoms with van der Waals surface area (Å²) in [4.78, 5) is 0. The first-order valence-corrected chi connectivity index (χ1v) is 16.3. The Morgan fingerprint density at radius 2 is 1.20 bits per heavy atom. The summed E-state index contributed by atoms with van der Waals surface area (Å²) < 4.78 is 0. The highest BCUT2D eigenvalue weighted by Gasteiger charge is 2.30. The van der Waals surface area contributed by atoms with Gasteiger partial charge >= 0.3 is 0 Å². The molecule has 44 heavy (non-hydrogen) atoms. The summed E-state index contributed by atoms with van der Waals surface area (Å²) in [5.74, 6) is 1.36. The van der Waals surface area contributed by atoms with Crippen LogP contribution < -0.4 is 0 Å². The molecule has 8 rings (SSSR count).